The lowest BCUT2D eigenvalue weighted by Gasteiger charge is -2.28. The van der Waals surface area contributed by atoms with Crippen molar-refractivity contribution in [3.63, 3.8) is 0 Å². The van der Waals surface area contributed by atoms with Crippen LogP contribution >= 0.6 is 23.2 Å². The van der Waals surface area contributed by atoms with Crippen LogP contribution in [-0.4, -0.2) is 23.9 Å². The smallest absolute Gasteiger partial charge is 0.293 e. The number of benzene rings is 2. The molecular weight excluding hydrogens is 377 g/mol. The van der Waals surface area contributed by atoms with Gasteiger partial charge >= 0.3 is 0 Å². The van der Waals surface area contributed by atoms with Crippen molar-refractivity contribution >= 4 is 46.2 Å². The molecule has 1 aliphatic rings. The van der Waals surface area contributed by atoms with Crippen molar-refractivity contribution in [1.29, 1.82) is 0 Å². The Balaban J connectivity index is 1.86. The predicted octanol–water partition coefficient (Wildman–Crippen LogP) is 5.14. The molecule has 0 atom stereocenters. The highest BCUT2D eigenvalue weighted by Crippen LogP contribution is 2.32. The lowest BCUT2D eigenvalue weighted by Crippen LogP contribution is -2.30. The summed E-state index contributed by atoms with van der Waals surface area (Å²) >= 11 is 11.9. The minimum Gasteiger partial charge on any atom is -0.366 e. The van der Waals surface area contributed by atoms with Crippen LogP contribution in [0.5, 0.6) is 0 Å². The van der Waals surface area contributed by atoms with Crippen LogP contribution < -0.4 is 10.2 Å². The van der Waals surface area contributed by atoms with Gasteiger partial charge in [-0.15, -0.1) is 0 Å². The van der Waals surface area contributed by atoms with E-state index in [0.29, 0.717) is 21.4 Å². The molecule has 1 amide bonds. The maximum Gasteiger partial charge on any atom is 0.293 e. The molecule has 136 valence electrons. The number of rotatable bonds is 4. The third kappa shape index (κ3) is 4.08. The molecule has 2 aromatic rings. The predicted molar refractivity (Wildman–Crippen MR) is 104 cm³/mol. The van der Waals surface area contributed by atoms with Crippen molar-refractivity contribution in [1.82, 2.24) is 0 Å². The van der Waals surface area contributed by atoms with E-state index in [4.69, 9.17) is 23.2 Å². The summed E-state index contributed by atoms with van der Waals surface area (Å²) in [5.74, 6) is -0.470. The van der Waals surface area contributed by atoms with Gasteiger partial charge in [0.2, 0.25) is 0 Å². The fourth-order valence-corrected chi connectivity index (χ4v) is 3.45. The lowest BCUT2D eigenvalue weighted by atomic mass is 10.1. The summed E-state index contributed by atoms with van der Waals surface area (Å²) in [5.41, 5.74) is 1.07. The van der Waals surface area contributed by atoms with Crippen LogP contribution in [0.1, 0.15) is 29.6 Å². The molecule has 0 radical (unpaired) electrons. The largest absolute Gasteiger partial charge is 0.366 e. The second-order valence-corrected chi connectivity index (χ2v) is 6.93. The number of halogens is 2. The number of nitrogens with one attached hydrogen (secondary N) is 1. The molecule has 0 spiro atoms. The Morgan fingerprint density at radius 2 is 1.81 bits per heavy atom. The van der Waals surface area contributed by atoms with Gasteiger partial charge in [-0.1, -0.05) is 23.2 Å². The topological polar surface area (TPSA) is 75.5 Å². The van der Waals surface area contributed by atoms with Crippen LogP contribution in [0.3, 0.4) is 0 Å². The summed E-state index contributed by atoms with van der Waals surface area (Å²) in [6.07, 6.45) is 3.15. The summed E-state index contributed by atoms with van der Waals surface area (Å²) in [6, 6.07) is 9.24. The number of nitro groups is 1. The zero-order valence-electron chi connectivity index (χ0n) is 13.9. The van der Waals surface area contributed by atoms with Gasteiger partial charge in [0.05, 0.1) is 15.6 Å². The quantitative estimate of drug-likeness (QED) is 0.575. The van der Waals surface area contributed by atoms with Crippen LogP contribution in [0.15, 0.2) is 36.4 Å². The van der Waals surface area contributed by atoms with Crippen molar-refractivity contribution < 1.29 is 9.72 Å². The van der Waals surface area contributed by atoms with E-state index in [9.17, 15) is 14.9 Å². The van der Waals surface area contributed by atoms with Gasteiger partial charge in [-0.05, 0) is 49.6 Å². The molecule has 1 aliphatic heterocycles. The van der Waals surface area contributed by atoms with E-state index in [2.05, 4.69) is 5.32 Å². The number of carbonyl (C=O) groups is 1. The van der Waals surface area contributed by atoms with Crippen LogP contribution in [0.2, 0.25) is 10.0 Å². The highest BCUT2D eigenvalue weighted by molar-refractivity contribution is 6.36. The molecule has 1 fully saturated rings. The maximum absolute atomic E-state index is 12.5. The first kappa shape index (κ1) is 18.5. The van der Waals surface area contributed by atoms with E-state index in [0.717, 1.165) is 32.4 Å². The highest BCUT2D eigenvalue weighted by atomic mass is 35.5. The Morgan fingerprint density at radius 3 is 2.46 bits per heavy atom. The lowest BCUT2D eigenvalue weighted by molar-refractivity contribution is -0.384. The van der Waals surface area contributed by atoms with Gasteiger partial charge in [-0.2, -0.15) is 0 Å². The number of anilines is 2. The zero-order valence-corrected chi connectivity index (χ0v) is 15.4. The first-order valence-corrected chi connectivity index (χ1v) is 9.01. The summed E-state index contributed by atoms with van der Waals surface area (Å²) in [4.78, 5) is 25.5. The fraction of sp³-hybridized carbons (Fsp3) is 0.278. The molecule has 0 bridgehead atoms. The molecule has 2 aromatic carbocycles. The summed E-state index contributed by atoms with van der Waals surface area (Å²) < 4.78 is 0. The van der Waals surface area contributed by atoms with Gasteiger partial charge in [-0.3, -0.25) is 14.9 Å². The summed E-state index contributed by atoms with van der Waals surface area (Å²) in [6.45, 7) is 1.57. The molecule has 26 heavy (non-hydrogen) atoms. The molecule has 1 N–H and O–H groups in total. The molecule has 0 aliphatic carbocycles. The monoisotopic (exact) mass is 393 g/mol. The zero-order chi connectivity index (χ0) is 18.7. The van der Waals surface area contributed by atoms with Gasteiger partial charge in [0, 0.05) is 29.7 Å². The average molecular weight is 394 g/mol. The number of hydrogen-bond acceptors (Lipinski definition) is 4. The van der Waals surface area contributed by atoms with E-state index in [1.807, 2.05) is 4.90 Å². The standard InChI is InChI=1S/C18H17Cl2N3O3/c19-13-5-6-15(14(20)11-13)21-18(24)12-4-7-16(17(10-12)23(25)26)22-8-2-1-3-9-22/h4-7,10-11H,1-3,8-9H2,(H,21,24). The van der Waals surface area contributed by atoms with E-state index >= 15 is 0 Å². The van der Waals surface area contributed by atoms with Crippen molar-refractivity contribution in [2.45, 2.75) is 19.3 Å². The number of amides is 1. The molecule has 0 aromatic heterocycles. The Morgan fingerprint density at radius 1 is 1.08 bits per heavy atom. The molecule has 0 unspecified atom stereocenters. The van der Waals surface area contributed by atoms with Crippen molar-refractivity contribution in [2.75, 3.05) is 23.3 Å². The third-order valence-electron chi connectivity index (χ3n) is 4.31. The number of hydrogen-bond donors (Lipinski definition) is 1. The average Bonchev–Trinajstić information content (AvgIpc) is 2.64. The Labute approximate surface area is 160 Å². The molecule has 3 rings (SSSR count). The van der Waals surface area contributed by atoms with Crippen LogP contribution in [-0.2, 0) is 0 Å². The molecular formula is C18H17Cl2N3O3. The molecule has 1 saturated heterocycles. The maximum atomic E-state index is 12.5. The number of nitro benzene ring substituents is 1. The Hall–Kier alpha value is -2.31. The van der Waals surface area contributed by atoms with Crippen molar-refractivity contribution in [3.8, 4) is 0 Å². The van der Waals surface area contributed by atoms with Gasteiger partial charge in [0.15, 0.2) is 0 Å². The molecule has 6 nitrogen and oxygen atoms in total. The van der Waals surface area contributed by atoms with Gasteiger partial charge in [0.25, 0.3) is 11.6 Å². The van der Waals surface area contributed by atoms with E-state index < -0.39 is 10.8 Å². The van der Waals surface area contributed by atoms with E-state index in [-0.39, 0.29) is 11.3 Å². The second-order valence-electron chi connectivity index (χ2n) is 6.09. The normalized spacial score (nSPS) is 14.2. The highest BCUT2D eigenvalue weighted by Gasteiger charge is 2.23. The summed E-state index contributed by atoms with van der Waals surface area (Å²) in [5, 5.41) is 14.9. The van der Waals surface area contributed by atoms with Crippen LogP contribution in [0.25, 0.3) is 0 Å². The number of carbonyl (C=O) groups excluding carboxylic acids is 1. The Bertz CT molecular complexity index is 852. The number of nitrogens with zero attached hydrogens (tertiary/aromatic N) is 2. The van der Waals surface area contributed by atoms with Gasteiger partial charge < -0.3 is 10.2 Å². The van der Waals surface area contributed by atoms with Gasteiger partial charge in [0.1, 0.15) is 5.69 Å². The van der Waals surface area contributed by atoms with Gasteiger partial charge in [-0.25, -0.2) is 0 Å². The first-order chi connectivity index (χ1) is 12.5. The molecule has 8 heteroatoms. The van der Waals surface area contributed by atoms with E-state index in [1.54, 1.807) is 24.3 Å². The van der Waals surface area contributed by atoms with Crippen molar-refractivity contribution in [2.24, 2.45) is 0 Å². The molecule has 0 saturated carbocycles. The number of piperidine rings is 1. The van der Waals surface area contributed by atoms with Crippen LogP contribution in [0, 0.1) is 10.1 Å². The minimum absolute atomic E-state index is 0.0678. The third-order valence-corrected chi connectivity index (χ3v) is 4.86. The minimum atomic E-state index is -0.470. The second kappa shape index (κ2) is 7.93. The fourth-order valence-electron chi connectivity index (χ4n) is 3.00. The SMILES string of the molecule is O=C(Nc1ccc(Cl)cc1Cl)c1ccc(N2CCCCC2)c([N+](=O)[O-])c1. The van der Waals surface area contributed by atoms with Crippen molar-refractivity contribution in [3.05, 3.63) is 62.1 Å². The van der Waals surface area contributed by atoms with Crippen LogP contribution in [0.4, 0.5) is 17.1 Å². The van der Waals surface area contributed by atoms with E-state index in [1.165, 1.54) is 12.1 Å². The molecule has 1 heterocycles. The Kier molecular flexibility index (Phi) is 5.64. The summed E-state index contributed by atoms with van der Waals surface area (Å²) in [7, 11) is 0. The first-order valence-electron chi connectivity index (χ1n) is 8.25.